The number of halogens is 4. The van der Waals surface area contributed by atoms with E-state index in [2.05, 4.69) is 10.6 Å². The van der Waals surface area contributed by atoms with E-state index in [0.29, 0.717) is 28.1 Å². The molecular formula is C30H30ClF3N4O6. The lowest BCUT2D eigenvalue weighted by atomic mass is 9.90. The quantitative estimate of drug-likeness (QED) is 0.190. The van der Waals surface area contributed by atoms with Crippen LogP contribution in [0, 0.1) is 0 Å². The van der Waals surface area contributed by atoms with E-state index < -0.39 is 12.1 Å². The molecule has 0 radical (unpaired) electrons. The molecule has 1 aliphatic carbocycles. The van der Waals surface area contributed by atoms with Gasteiger partial charge >= 0.3 is 12.1 Å². The maximum absolute atomic E-state index is 12.5. The van der Waals surface area contributed by atoms with Gasteiger partial charge in [-0.3, -0.25) is 4.79 Å². The third-order valence-electron chi connectivity index (χ3n) is 7.03. The standard InChI is InChI=1S/C28H29ClN4O4.C2HF3O2/c1-36-25-15-26(37-2)22(29)14-21(25)23-16-33-12-11-19(13-27(33)32-23)30-17-7-9-18(10-8-17)31-28(35)20-5-3-4-6-24(20)34;3-2(4,5)1(6)7/h3-6,11-18,30,34H,7-10H2,1-2H3,(H,31,35);(H,6,7)/t17-,18+;. The number of phenols is 1. The molecule has 0 saturated heterocycles. The highest BCUT2D eigenvalue weighted by atomic mass is 35.5. The number of benzene rings is 2. The molecule has 234 valence electrons. The van der Waals surface area contributed by atoms with Crippen molar-refractivity contribution in [1.82, 2.24) is 14.7 Å². The molecule has 0 unspecified atom stereocenters. The number of nitrogens with one attached hydrogen (secondary N) is 2. The van der Waals surface area contributed by atoms with Crippen LogP contribution in [0.1, 0.15) is 36.0 Å². The number of hydrogen-bond donors (Lipinski definition) is 4. The molecule has 0 aliphatic heterocycles. The highest BCUT2D eigenvalue weighted by Crippen LogP contribution is 2.38. The fourth-order valence-electron chi connectivity index (χ4n) is 4.81. The molecule has 0 spiro atoms. The average molecular weight is 635 g/mol. The molecule has 10 nitrogen and oxygen atoms in total. The predicted octanol–water partition coefficient (Wildman–Crippen LogP) is 6.16. The molecule has 14 heteroatoms. The van der Waals surface area contributed by atoms with Crippen molar-refractivity contribution < 1.29 is 42.4 Å². The number of carboxylic acids is 1. The van der Waals surface area contributed by atoms with Gasteiger partial charge in [-0.15, -0.1) is 0 Å². The molecule has 2 aromatic heterocycles. The number of rotatable bonds is 7. The molecule has 1 fully saturated rings. The van der Waals surface area contributed by atoms with Crippen molar-refractivity contribution in [3.63, 3.8) is 0 Å². The van der Waals surface area contributed by atoms with Gasteiger partial charge in [0.2, 0.25) is 0 Å². The number of aromatic hydroxyl groups is 1. The van der Waals surface area contributed by atoms with E-state index in [1.54, 1.807) is 44.6 Å². The van der Waals surface area contributed by atoms with E-state index in [1.807, 2.05) is 28.9 Å². The second-order valence-electron chi connectivity index (χ2n) is 9.98. The highest BCUT2D eigenvalue weighted by Gasteiger charge is 2.38. The van der Waals surface area contributed by atoms with Crippen LogP contribution in [0.4, 0.5) is 18.9 Å². The lowest BCUT2D eigenvalue weighted by Gasteiger charge is -2.30. The first-order chi connectivity index (χ1) is 20.9. The Hall–Kier alpha value is -4.65. The summed E-state index contributed by atoms with van der Waals surface area (Å²) in [4.78, 5) is 26.2. The minimum Gasteiger partial charge on any atom is -0.507 e. The number of fused-ring (bicyclic) bond motifs is 1. The van der Waals surface area contributed by atoms with Crippen LogP contribution in [0.25, 0.3) is 16.9 Å². The van der Waals surface area contributed by atoms with Gasteiger partial charge in [0.1, 0.15) is 22.9 Å². The Morgan fingerprint density at radius 3 is 2.25 bits per heavy atom. The third-order valence-corrected chi connectivity index (χ3v) is 7.33. The van der Waals surface area contributed by atoms with Gasteiger partial charge in [-0.2, -0.15) is 13.2 Å². The van der Waals surface area contributed by atoms with Gasteiger partial charge in [-0.25, -0.2) is 9.78 Å². The van der Waals surface area contributed by atoms with Crippen LogP contribution < -0.4 is 20.1 Å². The summed E-state index contributed by atoms with van der Waals surface area (Å²) in [5, 5.41) is 24.2. The number of carboxylic acid groups (broad SMARTS) is 1. The normalized spacial score (nSPS) is 16.4. The Labute approximate surface area is 255 Å². The number of para-hydroxylation sites is 1. The summed E-state index contributed by atoms with van der Waals surface area (Å²) < 4.78 is 44.5. The SMILES string of the molecule is COc1cc(OC)c(-c2cn3ccc(N[C@H]4CC[C@@H](NC(=O)c5ccccc5O)CC4)cc3n2)cc1Cl.O=C(O)C(F)(F)F. The van der Waals surface area contributed by atoms with E-state index in [-0.39, 0.29) is 17.7 Å². The molecule has 2 aromatic carbocycles. The summed E-state index contributed by atoms with van der Waals surface area (Å²) in [6, 6.07) is 14.6. The molecule has 0 bridgehead atoms. The van der Waals surface area contributed by atoms with Crippen LogP contribution in [-0.4, -0.2) is 64.0 Å². The molecule has 2 heterocycles. The number of carbonyl (C=O) groups excluding carboxylic acids is 1. The van der Waals surface area contributed by atoms with Crippen molar-refractivity contribution in [2.75, 3.05) is 19.5 Å². The topological polar surface area (TPSA) is 134 Å². The van der Waals surface area contributed by atoms with Gasteiger partial charge in [0, 0.05) is 47.9 Å². The minimum absolute atomic E-state index is 0.00132. The summed E-state index contributed by atoms with van der Waals surface area (Å²) in [7, 11) is 3.17. The van der Waals surface area contributed by atoms with Crippen molar-refractivity contribution >= 4 is 34.8 Å². The number of nitrogens with zero attached hydrogens (tertiary/aromatic N) is 2. The zero-order valence-electron chi connectivity index (χ0n) is 23.7. The largest absolute Gasteiger partial charge is 0.507 e. The van der Waals surface area contributed by atoms with Crippen molar-refractivity contribution in [1.29, 1.82) is 0 Å². The lowest BCUT2D eigenvalue weighted by molar-refractivity contribution is -0.192. The first kappa shape index (κ1) is 32.3. The van der Waals surface area contributed by atoms with Gasteiger partial charge < -0.3 is 34.7 Å². The van der Waals surface area contributed by atoms with Crippen LogP contribution in [0.3, 0.4) is 0 Å². The molecule has 5 rings (SSSR count). The van der Waals surface area contributed by atoms with Crippen LogP contribution in [0.15, 0.2) is 60.9 Å². The number of alkyl halides is 3. The lowest BCUT2D eigenvalue weighted by Crippen LogP contribution is -2.40. The van der Waals surface area contributed by atoms with Gasteiger partial charge in [-0.05, 0) is 49.9 Å². The van der Waals surface area contributed by atoms with Crippen LogP contribution in [0.5, 0.6) is 17.2 Å². The maximum Gasteiger partial charge on any atom is 0.490 e. The number of ether oxygens (including phenoxy) is 2. The second-order valence-corrected chi connectivity index (χ2v) is 10.4. The molecule has 1 amide bonds. The van der Waals surface area contributed by atoms with E-state index in [0.717, 1.165) is 48.3 Å². The summed E-state index contributed by atoms with van der Waals surface area (Å²) in [5.74, 6) is -1.81. The smallest absolute Gasteiger partial charge is 0.490 e. The number of aliphatic carboxylic acids is 1. The van der Waals surface area contributed by atoms with E-state index >= 15 is 0 Å². The zero-order valence-corrected chi connectivity index (χ0v) is 24.4. The number of aromatic nitrogens is 2. The van der Waals surface area contributed by atoms with E-state index in [9.17, 15) is 23.1 Å². The summed E-state index contributed by atoms with van der Waals surface area (Å²) >= 11 is 6.36. The van der Waals surface area contributed by atoms with Crippen molar-refractivity contribution in [2.24, 2.45) is 0 Å². The van der Waals surface area contributed by atoms with Gasteiger partial charge in [0.05, 0.1) is 30.5 Å². The number of hydrogen-bond acceptors (Lipinski definition) is 7. The predicted molar refractivity (Wildman–Crippen MR) is 158 cm³/mol. The molecule has 44 heavy (non-hydrogen) atoms. The Kier molecular flexibility index (Phi) is 10.1. The Morgan fingerprint density at radius 2 is 1.64 bits per heavy atom. The Balaban J connectivity index is 0.000000566. The number of anilines is 1. The average Bonchev–Trinajstić information content (AvgIpc) is 3.41. The second kappa shape index (κ2) is 13.8. The number of phenolic OH excluding ortho intramolecular Hbond substituents is 1. The van der Waals surface area contributed by atoms with Gasteiger partial charge in [-0.1, -0.05) is 23.7 Å². The molecule has 4 N–H and O–H groups in total. The van der Waals surface area contributed by atoms with E-state index in [4.69, 9.17) is 36.0 Å². The number of amides is 1. The molecular weight excluding hydrogens is 605 g/mol. The molecule has 1 saturated carbocycles. The molecule has 4 aromatic rings. The summed E-state index contributed by atoms with van der Waals surface area (Å²) in [6.07, 6.45) is 2.42. The van der Waals surface area contributed by atoms with Crippen molar-refractivity contribution in [2.45, 2.75) is 43.9 Å². The minimum atomic E-state index is -5.08. The summed E-state index contributed by atoms with van der Waals surface area (Å²) in [6.45, 7) is 0. The first-order valence-electron chi connectivity index (χ1n) is 13.5. The van der Waals surface area contributed by atoms with Gasteiger partial charge in [0.25, 0.3) is 5.91 Å². The van der Waals surface area contributed by atoms with Crippen LogP contribution in [-0.2, 0) is 4.79 Å². The van der Waals surface area contributed by atoms with Crippen molar-refractivity contribution in [3.8, 4) is 28.5 Å². The van der Waals surface area contributed by atoms with Crippen LogP contribution >= 0.6 is 11.6 Å². The fraction of sp³-hybridized carbons (Fsp3) is 0.300. The number of carbonyl (C=O) groups is 2. The third kappa shape index (κ3) is 7.84. The fourth-order valence-corrected chi connectivity index (χ4v) is 5.05. The van der Waals surface area contributed by atoms with Crippen LogP contribution in [0.2, 0.25) is 5.02 Å². The summed E-state index contributed by atoms with van der Waals surface area (Å²) in [5.41, 5.74) is 3.64. The van der Waals surface area contributed by atoms with Gasteiger partial charge in [0.15, 0.2) is 0 Å². The molecule has 1 aliphatic rings. The van der Waals surface area contributed by atoms with Crippen molar-refractivity contribution in [3.05, 3.63) is 71.5 Å². The zero-order chi connectivity index (χ0) is 32.0. The monoisotopic (exact) mass is 634 g/mol. The maximum atomic E-state index is 12.5. The van der Waals surface area contributed by atoms with E-state index in [1.165, 1.54) is 6.07 Å². The molecule has 0 atom stereocenters. The highest BCUT2D eigenvalue weighted by molar-refractivity contribution is 6.32. The number of imidazole rings is 1. The first-order valence-corrected chi connectivity index (χ1v) is 13.8. The number of methoxy groups -OCH3 is 2. The number of pyridine rings is 1. The Bertz CT molecular complexity index is 1640. The Morgan fingerprint density at radius 1 is 1.00 bits per heavy atom.